The molecular formula is C15H17N5O9. The molecule has 2 fully saturated rings. The minimum atomic E-state index is -2.40. The molecule has 2 heterocycles. The van der Waals surface area contributed by atoms with Crippen molar-refractivity contribution >= 4 is 35.9 Å². The molecule has 2 rings (SSSR count). The first-order chi connectivity index (χ1) is 13.5. The Morgan fingerprint density at radius 1 is 0.931 bits per heavy atom. The molecule has 5 N–H and O–H groups in total. The number of nitrogens with one attached hydrogen (secondary N) is 2. The first-order valence-electron chi connectivity index (χ1n) is 8.28. The lowest BCUT2D eigenvalue weighted by Crippen LogP contribution is -2.80. The summed E-state index contributed by atoms with van der Waals surface area (Å²) in [6, 6.07) is -2.20. The zero-order valence-electron chi connectivity index (χ0n) is 14.9. The van der Waals surface area contributed by atoms with Gasteiger partial charge in [-0.3, -0.25) is 28.9 Å². The van der Waals surface area contributed by atoms with E-state index < -0.39 is 86.0 Å². The van der Waals surface area contributed by atoms with E-state index in [0.29, 0.717) is 9.80 Å². The van der Waals surface area contributed by atoms with Crippen LogP contribution in [-0.2, 0) is 19.2 Å². The van der Waals surface area contributed by atoms with Gasteiger partial charge in [0, 0.05) is 25.9 Å². The van der Waals surface area contributed by atoms with Crippen molar-refractivity contribution in [2.45, 2.75) is 37.0 Å². The lowest BCUT2D eigenvalue weighted by molar-refractivity contribution is -0.148. The highest BCUT2D eigenvalue weighted by molar-refractivity contribution is 6.08. The number of rotatable bonds is 9. The Labute approximate surface area is 162 Å². The first-order valence-corrected chi connectivity index (χ1v) is 8.28. The third-order valence-corrected chi connectivity index (χ3v) is 4.65. The van der Waals surface area contributed by atoms with Gasteiger partial charge in [-0.15, -0.1) is 0 Å². The molecule has 0 aromatic heterocycles. The molecule has 156 valence electrons. The number of aliphatic carboxylic acids is 3. The Balaban J connectivity index is 2.61. The molecule has 0 aromatic rings. The molecule has 2 saturated heterocycles. The fourth-order valence-electron chi connectivity index (χ4n) is 3.37. The lowest BCUT2D eigenvalue weighted by atomic mass is 9.82. The van der Waals surface area contributed by atoms with Crippen LogP contribution < -0.4 is 10.6 Å². The van der Waals surface area contributed by atoms with E-state index >= 15 is 0 Å². The smallest absolute Gasteiger partial charge is 0.428 e. The monoisotopic (exact) mass is 411 g/mol. The molecule has 2 aliphatic heterocycles. The number of amides is 5. The van der Waals surface area contributed by atoms with Gasteiger partial charge in [0.05, 0.1) is 12.8 Å². The largest absolute Gasteiger partial charge is 0.481 e. The van der Waals surface area contributed by atoms with Crippen LogP contribution in [0.1, 0.15) is 25.7 Å². The normalized spacial score (nSPS) is 25.7. The van der Waals surface area contributed by atoms with Crippen molar-refractivity contribution in [1.82, 2.24) is 20.4 Å². The van der Waals surface area contributed by atoms with Crippen LogP contribution in [0.15, 0.2) is 0 Å². The lowest BCUT2D eigenvalue weighted by Gasteiger charge is -2.47. The van der Waals surface area contributed by atoms with Gasteiger partial charge in [-0.1, -0.05) is 0 Å². The highest BCUT2D eigenvalue weighted by atomic mass is 16.4. The Morgan fingerprint density at radius 2 is 1.48 bits per heavy atom. The van der Waals surface area contributed by atoms with Crippen molar-refractivity contribution in [3.63, 3.8) is 0 Å². The second-order valence-corrected chi connectivity index (χ2v) is 6.34. The van der Waals surface area contributed by atoms with Crippen molar-refractivity contribution in [1.29, 1.82) is 0 Å². The topological polar surface area (TPSA) is 198 Å². The second kappa shape index (κ2) is 7.62. The molecule has 2 atom stereocenters. The van der Waals surface area contributed by atoms with Crippen LogP contribution in [0.4, 0.5) is 9.59 Å². The maximum atomic E-state index is 13.1. The predicted octanol–water partition coefficient (Wildman–Crippen LogP) is -1.31. The summed E-state index contributed by atoms with van der Waals surface area (Å²) in [6.45, 7) is 6.36. The number of fused-ring (bicyclic) bond motifs is 1. The summed E-state index contributed by atoms with van der Waals surface area (Å²) in [5.74, 6) is -7.56. The fraction of sp³-hybridized carbons (Fsp3) is 0.533. The average Bonchev–Trinajstić information content (AvgIpc) is 2.93. The molecule has 0 spiro atoms. The Hall–Kier alpha value is -3.89. The molecule has 29 heavy (non-hydrogen) atoms. The molecule has 0 radical (unpaired) electrons. The molecule has 2 aliphatic rings. The molecule has 14 nitrogen and oxygen atoms in total. The first kappa shape index (κ1) is 21.4. The number of carboxylic acid groups (broad SMARTS) is 3. The molecule has 0 bridgehead atoms. The van der Waals surface area contributed by atoms with Gasteiger partial charge in [-0.05, 0) is 0 Å². The van der Waals surface area contributed by atoms with Gasteiger partial charge >= 0.3 is 35.8 Å². The third kappa shape index (κ3) is 3.49. The van der Waals surface area contributed by atoms with Gasteiger partial charge in [-0.2, -0.15) is 0 Å². The van der Waals surface area contributed by atoms with Crippen LogP contribution in [0.25, 0.3) is 4.85 Å². The van der Waals surface area contributed by atoms with Gasteiger partial charge in [0.15, 0.2) is 0 Å². The van der Waals surface area contributed by atoms with Crippen molar-refractivity contribution in [3.8, 4) is 0 Å². The van der Waals surface area contributed by atoms with Crippen LogP contribution in [0.2, 0.25) is 0 Å². The van der Waals surface area contributed by atoms with E-state index in [1.165, 1.54) is 0 Å². The summed E-state index contributed by atoms with van der Waals surface area (Å²) in [7, 11) is 0. The number of carbonyl (C=O) groups excluding carboxylic acids is 3. The van der Waals surface area contributed by atoms with Crippen molar-refractivity contribution in [2.24, 2.45) is 0 Å². The van der Waals surface area contributed by atoms with E-state index in [9.17, 15) is 28.8 Å². The SMILES string of the molecule is [C-]#[N+]C12NC(=O)NC1(CCC(=O)O)C(=O)N(CCC(=O)O)C(=O)N2CCC(=O)O. The number of urea groups is 2. The number of hydrogen-bond donors (Lipinski definition) is 5. The van der Waals surface area contributed by atoms with Gasteiger partial charge < -0.3 is 20.6 Å². The molecule has 2 unspecified atom stereocenters. The van der Waals surface area contributed by atoms with E-state index in [2.05, 4.69) is 15.5 Å². The number of imide groups is 1. The molecule has 0 aromatic carbocycles. The van der Waals surface area contributed by atoms with Crippen LogP contribution in [0.3, 0.4) is 0 Å². The van der Waals surface area contributed by atoms with Crippen LogP contribution in [-0.4, -0.2) is 85.4 Å². The van der Waals surface area contributed by atoms with E-state index in [0.717, 1.165) is 0 Å². The molecule has 5 amide bonds. The van der Waals surface area contributed by atoms with E-state index in [1.54, 1.807) is 0 Å². The van der Waals surface area contributed by atoms with Gasteiger partial charge in [0.25, 0.3) is 5.91 Å². The Kier molecular flexibility index (Phi) is 5.63. The maximum absolute atomic E-state index is 13.1. The second-order valence-electron chi connectivity index (χ2n) is 6.34. The summed E-state index contributed by atoms with van der Waals surface area (Å²) in [6.07, 6.45) is -2.55. The maximum Gasteiger partial charge on any atom is 0.428 e. The van der Waals surface area contributed by atoms with Crippen molar-refractivity contribution in [2.75, 3.05) is 13.1 Å². The molecule has 14 heteroatoms. The Morgan fingerprint density at radius 3 is 2.00 bits per heavy atom. The zero-order valence-corrected chi connectivity index (χ0v) is 14.9. The highest BCUT2D eigenvalue weighted by Gasteiger charge is 2.77. The quantitative estimate of drug-likeness (QED) is 0.286. The predicted molar refractivity (Wildman–Crippen MR) is 88.9 cm³/mol. The standard InChI is InChI=1S/C15H17N5O9/c1-16-15-14(5-2-8(21)22,17-12(28)18-15)11(27)19(6-3-9(23)24)13(29)20(15)7-4-10(25)26/h2-7H2,(H,21,22)(H,23,24)(H,25,26)(H2,17,18,28). The summed E-state index contributed by atoms with van der Waals surface area (Å²) >= 11 is 0. The highest BCUT2D eigenvalue weighted by Crippen LogP contribution is 2.42. The van der Waals surface area contributed by atoms with Crippen LogP contribution in [0.5, 0.6) is 0 Å². The summed E-state index contributed by atoms with van der Waals surface area (Å²) in [4.78, 5) is 75.5. The summed E-state index contributed by atoms with van der Waals surface area (Å²) < 4.78 is 0. The van der Waals surface area contributed by atoms with E-state index in [1.807, 2.05) is 0 Å². The number of carboxylic acids is 3. The molecule has 0 saturated carbocycles. The minimum Gasteiger partial charge on any atom is -0.481 e. The number of nitrogens with zero attached hydrogens (tertiary/aromatic N) is 3. The van der Waals surface area contributed by atoms with E-state index in [-0.39, 0.29) is 0 Å². The van der Waals surface area contributed by atoms with Gasteiger partial charge in [-0.25, -0.2) is 26.4 Å². The number of hydrogen-bond acceptors (Lipinski definition) is 6. The number of carbonyl (C=O) groups is 6. The third-order valence-electron chi connectivity index (χ3n) is 4.65. The summed E-state index contributed by atoms with van der Waals surface area (Å²) in [5.41, 5.74) is -2.24. The average molecular weight is 411 g/mol. The van der Waals surface area contributed by atoms with E-state index in [4.69, 9.17) is 21.9 Å². The van der Waals surface area contributed by atoms with Crippen molar-refractivity contribution < 1.29 is 44.1 Å². The van der Waals surface area contributed by atoms with Crippen LogP contribution >= 0.6 is 0 Å². The minimum absolute atomic E-state index is 0.481. The fourth-order valence-corrected chi connectivity index (χ4v) is 3.37. The summed E-state index contributed by atoms with van der Waals surface area (Å²) in [5, 5.41) is 31.2. The van der Waals surface area contributed by atoms with Crippen LogP contribution in [0, 0.1) is 6.57 Å². The van der Waals surface area contributed by atoms with Gasteiger partial charge in [0.2, 0.25) is 5.54 Å². The molecular weight excluding hydrogens is 394 g/mol. The zero-order chi connectivity index (χ0) is 22.0. The molecule has 0 aliphatic carbocycles. The van der Waals surface area contributed by atoms with Crippen molar-refractivity contribution in [3.05, 3.63) is 11.4 Å². The Bertz CT molecular complexity index is 837. The van der Waals surface area contributed by atoms with Gasteiger partial charge in [0.1, 0.15) is 0 Å².